The van der Waals surface area contributed by atoms with E-state index in [0.717, 1.165) is 17.7 Å². The number of hydrogen-bond acceptors (Lipinski definition) is 3. The Morgan fingerprint density at radius 2 is 2.00 bits per heavy atom. The van der Waals surface area contributed by atoms with Crippen LogP contribution >= 0.6 is 0 Å². The molecular weight excluding hydrogens is 302 g/mol. The van der Waals surface area contributed by atoms with Crippen molar-refractivity contribution in [1.82, 2.24) is 15.6 Å². The van der Waals surface area contributed by atoms with Gasteiger partial charge < -0.3 is 16.4 Å². The minimum atomic E-state index is -0.0915. The molecule has 1 heterocycles. The maximum atomic E-state index is 12.0. The number of aromatic nitrogens is 1. The van der Waals surface area contributed by atoms with Crippen molar-refractivity contribution in [3.63, 3.8) is 0 Å². The lowest BCUT2D eigenvalue weighted by Gasteiger charge is -2.08. The average Bonchev–Trinajstić information content (AvgIpc) is 2.59. The van der Waals surface area contributed by atoms with Gasteiger partial charge >= 0.3 is 0 Å². The molecule has 1 aromatic heterocycles. The van der Waals surface area contributed by atoms with Gasteiger partial charge in [0.05, 0.1) is 0 Å². The van der Waals surface area contributed by atoms with Crippen LogP contribution in [-0.2, 0) is 6.42 Å². The molecule has 0 aliphatic heterocycles. The molecule has 0 spiro atoms. The number of hydrogen-bond donors (Lipinski definition) is 3. The monoisotopic (exact) mass is 325 g/mol. The number of benzene rings is 1. The number of nitrogens with two attached hydrogens (primary N) is 1. The smallest absolute Gasteiger partial charge is 0.251 e. The molecule has 0 bridgehead atoms. The third-order valence-corrected chi connectivity index (χ3v) is 3.37. The van der Waals surface area contributed by atoms with Gasteiger partial charge in [-0.3, -0.25) is 14.8 Å². The molecule has 0 saturated heterocycles. The van der Waals surface area contributed by atoms with Crippen molar-refractivity contribution in [3.8, 4) is 0 Å². The SMILES string of the molecule is Cc1cccc(C(=O)NCCNC(N)=NCCc2ccccn2)c1. The molecule has 0 fully saturated rings. The number of amides is 1. The number of aliphatic imine (C=N–C) groups is 1. The van der Waals surface area contributed by atoms with Gasteiger partial charge in [0, 0.05) is 43.5 Å². The van der Waals surface area contributed by atoms with Gasteiger partial charge in [-0.25, -0.2) is 0 Å². The standard InChI is InChI=1S/C18H23N5O/c1-14-5-4-6-15(13-14)17(24)21-11-12-23-18(19)22-10-8-16-7-2-3-9-20-16/h2-7,9,13H,8,10-12H2,1H3,(H,21,24)(H3,19,22,23). The molecule has 0 atom stereocenters. The molecule has 24 heavy (non-hydrogen) atoms. The van der Waals surface area contributed by atoms with Crippen LogP contribution in [0.5, 0.6) is 0 Å². The van der Waals surface area contributed by atoms with Gasteiger partial charge in [-0.05, 0) is 31.2 Å². The second-order valence-electron chi connectivity index (χ2n) is 5.39. The van der Waals surface area contributed by atoms with E-state index in [2.05, 4.69) is 20.6 Å². The highest BCUT2D eigenvalue weighted by atomic mass is 16.1. The van der Waals surface area contributed by atoms with Gasteiger partial charge in [-0.15, -0.1) is 0 Å². The summed E-state index contributed by atoms with van der Waals surface area (Å²) in [7, 11) is 0. The van der Waals surface area contributed by atoms with E-state index in [0.29, 0.717) is 31.2 Å². The number of nitrogens with one attached hydrogen (secondary N) is 2. The third kappa shape index (κ3) is 6.08. The van der Waals surface area contributed by atoms with Crippen molar-refractivity contribution < 1.29 is 4.79 Å². The molecule has 6 nitrogen and oxygen atoms in total. The highest BCUT2D eigenvalue weighted by molar-refractivity contribution is 5.94. The van der Waals surface area contributed by atoms with E-state index < -0.39 is 0 Å². The number of carbonyl (C=O) groups excluding carboxylic acids is 1. The summed E-state index contributed by atoms with van der Waals surface area (Å²) >= 11 is 0. The van der Waals surface area contributed by atoms with E-state index in [1.807, 2.05) is 43.3 Å². The van der Waals surface area contributed by atoms with Gasteiger partial charge in [0.25, 0.3) is 5.91 Å². The number of pyridine rings is 1. The van der Waals surface area contributed by atoms with Crippen molar-refractivity contribution >= 4 is 11.9 Å². The third-order valence-electron chi connectivity index (χ3n) is 3.37. The van der Waals surface area contributed by atoms with Gasteiger partial charge in [-0.1, -0.05) is 23.8 Å². The van der Waals surface area contributed by atoms with E-state index in [1.54, 1.807) is 12.3 Å². The number of nitrogens with zero attached hydrogens (tertiary/aromatic N) is 2. The second-order valence-corrected chi connectivity index (χ2v) is 5.39. The molecule has 2 rings (SSSR count). The molecule has 4 N–H and O–H groups in total. The Labute approximate surface area is 142 Å². The summed E-state index contributed by atoms with van der Waals surface area (Å²) in [5, 5.41) is 5.82. The van der Waals surface area contributed by atoms with Gasteiger partial charge in [0.2, 0.25) is 0 Å². The number of carbonyl (C=O) groups is 1. The Morgan fingerprint density at radius 3 is 2.75 bits per heavy atom. The fraction of sp³-hybridized carbons (Fsp3) is 0.278. The van der Waals surface area contributed by atoms with Crippen LogP contribution < -0.4 is 16.4 Å². The van der Waals surface area contributed by atoms with Crippen molar-refractivity contribution in [2.75, 3.05) is 19.6 Å². The van der Waals surface area contributed by atoms with Crippen LogP contribution in [0.2, 0.25) is 0 Å². The number of rotatable bonds is 7. The van der Waals surface area contributed by atoms with Crippen LogP contribution in [0.1, 0.15) is 21.6 Å². The first kappa shape index (κ1) is 17.5. The van der Waals surface area contributed by atoms with E-state index in [9.17, 15) is 4.79 Å². The highest BCUT2D eigenvalue weighted by Gasteiger charge is 2.04. The van der Waals surface area contributed by atoms with Crippen LogP contribution in [-0.4, -0.2) is 36.5 Å². The van der Waals surface area contributed by atoms with Crippen molar-refractivity contribution in [2.24, 2.45) is 10.7 Å². The molecule has 0 aliphatic carbocycles. The Kier molecular flexibility index (Phi) is 6.76. The summed E-state index contributed by atoms with van der Waals surface area (Å²) in [5.74, 6) is 0.280. The molecule has 1 amide bonds. The zero-order valence-corrected chi connectivity index (χ0v) is 13.8. The predicted molar refractivity (Wildman–Crippen MR) is 95.9 cm³/mol. The topological polar surface area (TPSA) is 92.4 Å². The Hall–Kier alpha value is -2.89. The van der Waals surface area contributed by atoms with Crippen LogP contribution in [0.25, 0.3) is 0 Å². The Bertz CT molecular complexity index is 685. The Balaban J connectivity index is 1.64. The molecule has 0 radical (unpaired) electrons. The van der Waals surface area contributed by atoms with E-state index in [-0.39, 0.29) is 5.91 Å². The second kappa shape index (κ2) is 9.29. The van der Waals surface area contributed by atoms with Gasteiger partial charge in [0.15, 0.2) is 5.96 Å². The first-order valence-corrected chi connectivity index (χ1v) is 7.94. The quantitative estimate of drug-likeness (QED) is 0.406. The number of guanidine groups is 1. The highest BCUT2D eigenvalue weighted by Crippen LogP contribution is 2.03. The lowest BCUT2D eigenvalue weighted by Crippen LogP contribution is -2.38. The first-order valence-electron chi connectivity index (χ1n) is 7.94. The maximum absolute atomic E-state index is 12.0. The molecule has 2 aromatic rings. The molecule has 0 unspecified atom stereocenters. The molecule has 126 valence electrons. The molecule has 6 heteroatoms. The van der Waals surface area contributed by atoms with Crippen LogP contribution in [0.4, 0.5) is 0 Å². The van der Waals surface area contributed by atoms with Crippen molar-refractivity contribution in [3.05, 3.63) is 65.5 Å². The summed E-state index contributed by atoms with van der Waals surface area (Å²) in [5.41, 5.74) is 8.50. The Morgan fingerprint density at radius 1 is 1.17 bits per heavy atom. The van der Waals surface area contributed by atoms with E-state index >= 15 is 0 Å². The van der Waals surface area contributed by atoms with Crippen LogP contribution in [0, 0.1) is 6.92 Å². The zero-order chi connectivity index (χ0) is 17.2. The molecular formula is C18H23N5O. The summed E-state index contributed by atoms with van der Waals surface area (Å²) in [4.78, 5) is 20.4. The predicted octanol–water partition coefficient (Wildman–Crippen LogP) is 1.27. The maximum Gasteiger partial charge on any atom is 0.251 e. The fourth-order valence-electron chi connectivity index (χ4n) is 2.15. The normalized spacial score (nSPS) is 11.1. The fourth-order valence-corrected chi connectivity index (χ4v) is 2.15. The van der Waals surface area contributed by atoms with Crippen molar-refractivity contribution in [1.29, 1.82) is 0 Å². The lowest BCUT2D eigenvalue weighted by atomic mass is 10.1. The molecule has 0 saturated carbocycles. The summed E-state index contributed by atoms with van der Waals surface area (Å²) in [6, 6.07) is 13.3. The van der Waals surface area contributed by atoms with Crippen LogP contribution in [0.15, 0.2) is 53.7 Å². The van der Waals surface area contributed by atoms with Crippen LogP contribution in [0.3, 0.4) is 0 Å². The molecule has 1 aromatic carbocycles. The largest absolute Gasteiger partial charge is 0.370 e. The first-order chi connectivity index (χ1) is 11.6. The number of aryl methyl sites for hydroxylation is 1. The van der Waals surface area contributed by atoms with Gasteiger partial charge in [0.1, 0.15) is 0 Å². The van der Waals surface area contributed by atoms with Crippen molar-refractivity contribution in [2.45, 2.75) is 13.3 Å². The minimum absolute atomic E-state index is 0.0915. The zero-order valence-electron chi connectivity index (χ0n) is 13.8. The average molecular weight is 325 g/mol. The van der Waals surface area contributed by atoms with E-state index in [4.69, 9.17) is 5.73 Å². The summed E-state index contributed by atoms with van der Waals surface area (Å²) < 4.78 is 0. The molecule has 0 aliphatic rings. The summed E-state index contributed by atoms with van der Waals surface area (Å²) in [6.45, 7) is 3.53. The summed E-state index contributed by atoms with van der Waals surface area (Å²) in [6.07, 6.45) is 2.50. The van der Waals surface area contributed by atoms with Gasteiger partial charge in [-0.2, -0.15) is 0 Å². The van der Waals surface area contributed by atoms with E-state index in [1.165, 1.54) is 0 Å². The minimum Gasteiger partial charge on any atom is -0.370 e. The lowest BCUT2D eigenvalue weighted by molar-refractivity contribution is 0.0954.